The summed E-state index contributed by atoms with van der Waals surface area (Å²) in [4.78, 5) is 10.2. The van der Waals surface area contributed by atoms with E-state index in [4.69, 9.17) is 4.74 Å². The highest BCUT2D eigenvalue weighted by molar-refractivity contribution is 5.32. The van der Waals surface area contributed by atoms with Crippen molar-refractivity contribution in [2.45, 2.75) is 6.54 Å². The zero-order chi connectivity index (χ0) is 13.0. The standard InChI is InChI=1S/C13H14FN3O/c1-17(9-10-3-5-11(14)6-4-10)13-15-7-12(18-2)8-16-13/h3-8H,9H2,1-2H3. The molecule has 1 aromatic carbocycles. The van der Waals surface area contributed by atoms with Crippen LogP contribution in [0.4, 0.5) is 10.3 Å². The first-order chi connectivity index (χ1) is 8.69. The van der Waals surface area contributed by atoms with Gasteiger partial charge in [0.15, 0.2) is 5.75 Å². The lowest BCUT2D eigenvalue weighted by Crippen LogP contribution is -2.18. The Labute approximate surface area is 105 Å². The molecule has 5 heteroatoms. The van der Waals surface area contributed by atoms with Gasteiger partial charge in [0.25, 0.3) is 0 Å². The second-order valence-electron chi connectivity index (χ2n) is 3.91. The second kappa shape index (κ2) is 5.44. The van der Waals surface area contributed by atoms with Crippen LogP contribution in [0.3, 0.4) is 0 Å². The molecule has 94 valence electrons. The fourth-order valence-electron chi connectivity index (χ4n) is 1.55. The number of hydrogen-bond donors (Lipinski definition) is 0. The SMILES string of the molecule is COc1cnc(N(C)Cc2ccc(F)cc2)nc1. The minimum atomic E-state index is -0.234. The lowest BCUT2D eigenvalue weighted by atomic mass is 10.2. The Morgan fingerprint density at radius 3 is 2.33 bits per heavy atom. The molecule has 4 nitrogen and oxygen atoms in total. The Morgan fingerprint density at radius 2 is 1.78 bits per heavy atom. The number of rotatable bonds is 4. The highest BCUT2D eigenvalue weighted by Crippen LogP contribution is 2.13. The quantitative estimate of drug-likeness (QED) is 0.830. The van der Waals surface area contributed by atoms with Crippen molar-refractivity contribution in [3.63, 3.8) is 0 Å². The lowest BCUT2D eigenvalue weighted by Gasteiger charge is -2.16. The molecule has 0 atom stereocenters. The molecule has 0 radical (unpaired) electrons. The number of aromatic nitrogens is 2. The van der Waals surface area contributed by atoms with Gasteiger partial charge in [-0.05, 0) is 17.7 Å². The summed E-state index contributed by atoms with van der Waals surface area (Å²) in [5, 5.41) is 0. The van der Waals surface area contributed by atoms with Crippen molar-refractivity contribution < 1.29 is 9.13 Å². The largest absolute Gasteiger partial charge is 0.494 e. The molecule has 1 heterocycles. The minimum Gasteiger partial charge on any atom is -0.494 e. The summed E-state index contributed by atoms with van der Waals surface area (Å²) in [5.74, 6) is 0.983. The summed E-state index contributed by atoms with van der Waals surface area (Å²) < 4.78 is 17.8. The predicted molar refractivity (Wildman–Crippen MR) is 67.1 cm³/mol. The maximum atomic E-state index is 12.8. The van der Waals surface area contributed by atoms with Crippen molar-refractivity contribution in [3.05, 3.63) is 48.0 Å². The molecule has 0 aliphatic carbocycles. The van der Waals surface area contributed by atoms with Crippen LogP contribution in [0.2, 0.25) is 0 Å². The van der Waals surface area contributed by atoms with Crippen molar-refractivity contribution in [1.29, 1.82) is 0 Å². The predicted octanol–water partition coefficient (Wildman–Crippen LogP) is 2.26. The zero-order valence-corrected chi connectivity index (χ0v) is 10.3. The molecule has 18 heavy (non-hydrogen) atoms. The van der Waals surface area contributed by atoms with Crippen molar-refractivity contribution in [3.8, 4) is 5.75 Å². The van der Waals surface area contributed by atoms with Crippen molar-refractivity contribution >= 4 is 5.95 Å². The Bertz CT molecular complexity index is 499. The van der Waals surface area contributed by atoms with Gasteiger partial charge in [0.1, 0.15) is 5.82 Å². The van der Waals surface area contributed by atoms with E-state index in [1.165, 1.54) is 12.1 Å². The Kier molecular flexibility index (Phi) is 3.72. The van der Waals surface area contributed by atoms with Crippen LogP contribution in [0, 0.1) is 5.82 Å². The van der Waals surface area contributed by atoms with Gasteiger partial charge >= 0.3 is 0 Å². The third-order valence-electron chi connectivity index (χ3n) is 2.52. The highest BCUT2D eigenvalue weighted by Gasteiger charge is 2.05. The first-order valence-electron chi connectivity index (χ1n) is 5.50. The molecule has 0 saturated heterocycles. The highest BCUT2D eigenvalue weighted by atomic mass is 19.1. The van der Waals surface area contributed by atoms with Crippen LogP contribution in [0.1, 0.15) is 5.56 Å². The molecule has 0 amide bonds. The average Bonchev–Trinajstić information content (AvgIpc) is 2.41. The molecule has 2 aromatic rings. The number of hydrogen-bond acceptors (Lipinski definition) is 4. The van der Waals surface area contributed by atoms with Crippen LogP contribution < -0.4 is 9.64 Å². The van der Waals surface area contributed by atoms with E-state index in [2.05, 4.69) is 9.97 Å². The monoisotopic (exact) mass is 247 g/mol. The van der Waals surface area contributed by atoms with E-state index in [0.29, 0.717) is 18.2 Å². The molecule has 0 aliphatic rings. The van der Waals surface area contributed by atoms with E-state index in [1.807, 2.05) is 11.9 Å². The normalized spacial score (nSPS) is 10.2. The molecule has 1 aromatic heterocycles. The fourth-order valence-corrected chi connectivity index (χ4v) is 1.55. The smallest absolute Gasteiger partial charge is 0.225 e. The number of halogens is 1. The second-order valence-corrected chi connectivity index (χ2v) is 3.91. The van der Waals surface area contributed by atoms with Crippen molar-refractivity contribution in [1.82, 2.24) is 9.97 Å². The van der Waals surface area contributed by atoms with Gasteiger partial charge in [-0.15, -0.1) is 0 Å². The summed E-state index contributed by atoms with van der Waals surface area (Å²) in [6.45, 7) is 0.618. The van der Waals surface area contributed by atoms with Crippen LogP contribution in [0.5, 0.6) is 5.75 Å². The van der Waals surface area contributed by atoms with Gasteiger partial charge < -0.3 is 9.64 Å². The van der Waals surface area contributed by atoms with E-state index in [9.17, 15) is 4.39 Å². The molecule has 0 saturated carbocycles. The molecule has 0 spiro atoms. The third kappa shape index (κ3) is 2.94. The summed E-state index contributed by atoms with van der Waals surface area (Å²) in [7, 11) is 3.45. The Balaban J connectivity index is 2.06. The van der Waals surface area contributed by atoms with E-state index < -0.39 is 0 Å². The van der Waals surface area contributed by atoms with Gasteiger partial charge in [0, 0.05) is 13.6 Å². The first kappa shape index (κ1) is 12.3. The average molecular weight is 247 g/mol. The van der Waals surface area contributed by atoms with Crippen molar-refractivity contribution in [2.75, 3.05) is 19.1 Å². The summed E-state index contributed by atoms with van der Waals surface area (Å²) in [6.07, 6.45) is 3.23. The number of benzene rings is 1. The van der Waals surface area contributed by atoms with Crippen LogP contribution in [-0.4, -0.2) is 24.1 Å². The maximum Gasteiger partial charge on any atom is 0.225 e. The Hall–Kier alpha value is -2.17. The minimum absolute atomic E-state index is 0.234. The van der Waals surface area contributed by atoms with Gasteiger partial charge in [-0.1, -0.05) is 12.1 Å². The van der Waals surface area contributed by atoms with Gasteiger partial charge in [-0.25, -0.2) is 14.4 Å². The molecule has 0 unspecified atom stereocenters. The summed E-state index contributed by atoms with van der Waals surface area (Å²) in [6, 6.07) is 6.38. The van der Waals surface area contributed by atoms with E-state index >= 15 is 0 Å². The number of ether oxygens (including phenoxy) is 1. The Morgan fingerprint density at radius 1 is 1.17 bits per heavy atom. The molecule has 0 bridgehead atoms. The van der Waals surface area contributed by atoms with Crippen molar-refractivity contribution in [2.24, 2.45) is 0 Å². The molecule has 0 aliphatic heterocycles. The van der Waals surface area contributed by atoms with E-state index in [0.717, 1.165) is 5.56 Å². The zero-order valence-electron chi connectivity index (χ0n) is 10.3. The molecule has 2 rings (SSSR count). The topological polar surface area (TPSA) is 38.2 Å². The molecular formula is C13H14FN3O. The van der Waals surface area contributed by atoms with Crippen LogP contribution in [-0.2, 0) is 6.54 Å². The van der Waals surface area contributed by atoms with Gasteiger partial charge in [-0.3, -0.25) is 0 Å². The van der Waals surface area contributed by atoms with Crippen LogP contribution in [0.25, 0.3) is 0 Å². The van der Waals surface area contributed by atoms with E-state index in [-0.39, 0.29) is 5.82 Å². The van der Waals surface area contributed by atoms with Gasteiger partial charge in [0.2, 0.25) is 5.95 Å². The molecule has 0 fully saturated rings. The van der Waals surface area contributed by atoms with Crippen LogP contribution in [0.15, 0.2) is 36.7 Å². The fraction of sp³-hybridized carbons (Fsp3) is 0.231. The summed E-state index contributed by atoms with van der Waals surface area (Å²) in [5.41, 5.74) is 0.998. The number of anilines is 1. The van der Waals surface area contributed by atoms with Gasteiger partial charge in [-0.2, -0.15) is 0 Å². The number of methoxy groups -OCH3 is 1. The maximum absolute atomic E-state index is 12.8. The molecule has 0 N–H and O–H groups in total. The van der Waals surface area contributed by atoms with Crippen LogP contribution >= 0.6 is 0 Å². The van der Waals surface area contributed by atoms with E-state index in [1.54, 1.807) is 31.6 Å². The lowest BCUT2D eigenvalue weighted by molar-refractivity contribution is 0.410. The first-order valence-corrected chi connectivity index (χ1v) is 5.50. The molecular weight excluding hydrogens is 233 g/mol. The summed E-state index contributed by atoms with van der Waals surface area (Å²) >= 11 is 0. The van der Waals surface area contributed by atoms with Gasteiger partial charge in [0.05, 0.1) is 19.5 Å². The number of nitrogens with zero attached hydrogens (tertiary/aromatic N) is 3. The third-order valence-corrected chi connectivity index (χ3v) is 2.52.